The molecular formula is C13H15N5O. The highest BCUT2D eigenvalue weighted by Gasteiger charge is 2.25. The third-order valence-corrected chi connectivity index (χ3v) is 3.15. The quantitative estimate of drug-likeness (QED) is 0.482. The van der Waals surface area contributed by atoms with Gasteiger partial charge in [-0.05, 0) is 31.0 Å². The summed E-state index contributed by atoms with van der Waals surface area (Å²) in [5, 5.41) is 4.51. The Kier molecular flexibility index (Phi) is 3.00. The Morgan fingerprint density at radius 1 is 1.42 bits per heavy atom. The molecule has 2 aromatic heterocycles. The molecule has 0 radical (unpaired) electrons. The Hall–Kier alpha value is -2.21. The molecule has 3 N–H and O–H groups in total. The largest absolute Gasteiger partial charge is 0.289 e. The smallest absolute Gasteiger partial charge is 0.283 e. The lowest BCUT2D eigenvalue weighted by molar-refractivity contribution is 0.0948. The average Bonchev–Trinajstić information content (AvgIpc) is 3.19. The van der Waals surface area contributed by atoms with Crippen LogP contribution in [0.5, 0.6) is 0 Å². The number of nitrogens with zero attached hydrogens (tertiary/aromatic N) is 3. The fourth-order valence-corrected chi connectivity index (χ4v) is 2.00. The van der Waals surface area contributed by atoms with Crippen LogP contribution in [0.25, 0.3) is 0 Å². The van der Waals surface area contributed by atoms with Gasteiger partial charge >= 0.3 is 0 Å². The monoisotopic (exact) mass is 257 g/mol. The van der Waals surface area contributed by atoms with E-state index in [2.05, 4.69) is 15.5 Å². The molecule has 1 aliphatic rings. The van der Waals surface area contributed by atoms with E-state index in [1.54, 1.807) is 12.1 Å². The topological polar surface area (TPSA) is 85.8 Å². The SMILES string of the molecule is NNC(=O)c1cccc(Cn2ccc(C3CC3)n2)n1. The number of hydrazine groups is 1. The van der Waals surface area contributed by atoms with Gasteiger partial charge in [0.25, 0.3) is 5.91 Å². The molecule has 0 saturated heterocycles. The number of rotatable bonds is 4. The molecule has 2 heterocycles. The molecule has 1 amide bonds. The normalized spacial score (nSPS) is 14.4. The molecular weight excluding hydrogens is 242 g/mol. The van der Waals surface area contributed by atoms with Crippen LogP contribution < -0.4 is 11.3 Å². The molecule has 1 saturated carbocycles. The number of nitrogens with one attached hydrogen (secondary N) is 1. The number of carbonyl (C=O) groups excluding carboxylic acids is 1. The van der Waals surface area contributed by atoms with Crippen molar-refractivity contribution in [3.8, 4) is 0 Å². The highest BCUT2D eigenvalue weighted by atomic mass is 16.2. The van der Waals surface area contributed by atoms with E-state index in [1.165, 1.54) is 12.8 Å². The number of nitrogen functional groups attached to an aromatic ring is 1. The predicted molar refractivity (Wildman–Crippen MR) is 69.2 cm³/mol. The fraction of sp³-hybridized carbons (Fsp3) is 0.308. The van der Waals surface area contributed by atoms with E-state index in [1.807, 2.05) is 23.0 Å². The molecule has 1 aliphatic carbocycles. The van der Waals surface area contributed by atoms with Gasteiger partial charge < -0.3 is 0 Å². The van der Waals surface area contributed by atoms with Crippen molar-refractivity contribution >= 4 is 5.91 Å². The van der Waals surface area contributed by atoms with Crippen LogP contribution in [0.1, 0.15) is 40.6 Å². The Morgan fingerprint density at radius 3 is 3.00 bits per heavy atom. The first kappa shape index (κ1) is 11.9. The van der Waals surface area contributed by atoms with E-state index in [9.17, 15) is 4.79 Å². The van der Waals surface area contributed by atoms with Crippen LogP contribution in [-0.4, -0.2) is 20.7 Å². The summed E-state index contributed by atoms with van der Waals surface area (Å²) < 4.78 is 1.85. The van der Waals surface area contributed by atoms with E-state index in [0.717, 1.165) is 11.4 Å². The summed E-state index contributed by atoms with van der Waals surface area (Å²) in [4.78, 5) is 15.7. The van der Waals surface area contributed by atoms with Gasteiger partial charge in [0, 0.05) is 12.1 Å². The second kappa shape index (κ2) is 4.81. The Balaban J connectivity index is 1.76. The van der Waals surface area contributed by atoms with E-state index in [-0.39, 0.29) is 5.91 Å². The number of amides is 1. The Labute approximate surface area is 110 Å². The summed E-state index contributed by atoms with van der Waals surface area (Å²) in [5.74, 6) is 5.35. The number of nitrogens with two attached hydrogens (primary N) is 1. The van der Waals surface area contributed by atoms with E-state index in [4.69, 9.17) is 5.84 Å². The van der Waals surface area contributed by atoms with Crippen molar-refractivity contribution in [1.29, 1.82) is 0 Å². The van der Waals surface area contributed by atoms with Crippen LogP contribution in [0.4, 0.5) is 0 Å². The van der Waals surface area contributed by atoms with Crippen molar-refractivity contribution in [2.45, 2.75) is 25.3 Å². The summed E-state index contributed by atoms with van der Waals surface area (Å²) in [5.41, 5.74) is 4.32. The van der Waals surface area contributed by atoms with E-state index >= 15 is 0 Å². The zero-order valence-electron chi connectivity index (χ0n) is 10.4. The average molecular weight is 257 g/mol. The molecule has 0 unspecified atom stereocenters. The fourth-order valence-electron chi connectivity index (χ4n) is 2.00. The molecule has 3 rings (SSSR count). The zero-order valence-corrected chi connectivity index (χ0v) is 10.4. The van der Waals surface area contributed by atoms with Crippen molar-refractivity contribution in [2.24, 2.45) is 5.84 Å². The lowest BCUT2D eigenvalue weighted by Crippen LogP contribution is -2.30. The summed E-state index contributed by atoms with van der Waals surface area (Å²) in [6, 6.07) is 7.34. The minimum Gasteiger partial charge on any atom is -0.289 e. The summed E-state index contributed by atoms with van der Waals surface area (Å²) in [6.07, 6.45) is 4.42. The Morgan fingerprint density at radius 2 is 2.26 bits per heavy atom. The number of pyridine rings is 1. The molecule has 0 atom stereocenters. The van der Waals surface area contributed by atoms with Gasteiger partial charge in [-0.1, -0.05) is 6.07 Å². The maximum absolute atomic E-state index is 11.4. The van der Waals surface area contributed by atoms with E-state index in [0.29, 0.717) is 18.2 Å². The second-order valence-corrected chi connectivity index (χ2v) is 4.70. The van der Waals surface area contributed by atoms with Gasteiger partial charge in [0.05, 0.1) is 17.9 Å². The van der Waals surface area contributed by atoms with Gasteiger partial charge in [0.1, 0.15) is 5.69 Å². The van der Waals surface area contributed by atoms with Gasteiger partial charge in [-0.25, -0.2) is 10.8 Å². The predicted octanol–water partition coefficient (Wildman–Crippen LogP) is 0.807. The van der Waals surface area contributed by atoms with Crippen LogP contribution in [-0.2, 0) is 6.54 Å². The summed E-state index contributed by atoms with van der Waals surface area (Å²) >= 11 is 0. The lowest BCUT2D eigenvalue weighted by Gasteiger charge is -2.04. The van der Waals surface area contributed by atoms with Gasteiger partial charge in [-0.2, -0.15) is 5.10 Å². The zero-order chi connectivity index (χ0) is 13.2. The molecule has 6 nitrogen and oxygen atoms in total. The van der Waals surface area contributed by atoms with Gasteiger partial charge in [0.15, 0.2) is 0 Å². The first-order chi connectivity index (χ1) is 9.26. The molecule has 0 aliphatic heterocycles. The van der Waals surface area contributed by atoms with Crippen LogP contribution in [0.3, 0.4) is 0 Å². The molecule has 1 fully saturated rings. The Bertz CT molecular complexity index is 603. The van der Waals surface area contributed by atoms with Crippen molar-refractivity contribution < 1.29 is 4.79 Å². The maximum Gasteiger partial charge on any atom is 0.283 e. The molecule has 98 valence electrons. The number of hydrogen-bond acceptors (Lipinski definition) is 4. The molecule has 2 aromatic rings. The molecule has 0 aromatic carbocycles. The minimum absolute atomic E-state index is 0.314. The second-order valence-electron chi connectivity index (χ2n) is 4.70. The number of aromatic nitrogens is 3. The maximum atomic E-state index is 11.4. The van der Waals surface area contributed by atoms with Gasteiger partial charge in [-0.15, -0.1) is 0 Å². The lowest BCUT2D eigenvalue weighted by atomic mass is 10.3. The van der Waals surface area contributed by atoms with Crippen molar-refractivity contribution in [1.82, 2.24) is 20.2 Å². The van der Waals surface area contributed by atoms with Crippen LogP contribution in [0.15, 0.2) is 30.5 Å². The number of carbonyl (C=O) groups is 1. The van der Waals surface area contributed by atoms with Crippen LogP contribution in [0, 0.1) is 0 Å². The van der Waals surface area contributed by atoms with Crippen LogP contribution >= 0.6 is 0 Å². The summed E-state index contributed by atoms with van der Waals surface area (Å²) in [7, 11) is 0. The van der Waals surface area contributed by atoms with Crippen molar-refractivity contribution in [2.75, 3.05) is 0 Å². The van der Waals surface area contributed by atoms with Crippen molar-refractivity contribution in [3.05, 3.63) is 47.5 Å². The molecule has 19 heavy (non-hydrogen) atoms. The van der Waals surface area contributed by atoms with Gasteiger partial charge in [0.2, 0.25) is 0 Å². The third kappa shape index (κ3) is 2.63. The van der Waals surface area contributed by atoms with Crippen LogP contribution in [0.2, 0.25) is 0 Å². The highest BCUT2D eigenvalue weighted by Crippen LogP contribution is 2.38. The molecule has 0 spiro atoms. The van der Waals surface area contributed by atoms with Crippen molar-refractivity contribution in [3.63, 3.8) is 0 Å². The first-order valence-electron chi connectivity index (χ1n) is 6.26. The first-order valence-corrected chi connectivity index (χ1v) is 6.26. The number of hydrogen-bond donors (Lipinski definition) is 2. The molecule has 6 heteroatoms. The molecule has 0 bridgehead atoms. The summed E-state index contributed by atoms with van der Waals surface area (Å²) in [6.45, 7) is 0.554. The van der Waals surface area contributed by atoms with Gasteiger partial charge in [-0.3, -0.25) is 14.9 Å². The standard InChI is InChI=1S/C13H15N5O/c14-16-13(19)12-3-1-2-10(15-12)8-18-7-6-11(17-18)9-4-5-9/h1-3,6-7,9H,4-5,8,14H2,(H,16,19). The third-order valence-electron chi connectivity index (χ3n) is 3.15. The van der Waals surface area contributed by atoms with E-state index < -0.39 is 0 Å². The minimum atomic E-state index is -0.388. The highest BCUT2D eigenvalue weighted by molar-refractivity contribution is 5.91.